The second-order valence-electron chi connectivity index (χ2n) is 5.11. The molecule has 4 nitrogen and oxygen atoms in total. The minimum absolute atomic E-state index is 0.309. The zero-order valence-corrected chi connectivity index (χ0v) is 13.7. The zero-order valence-electron chi connectivity index (χ0n) is 12.9. The molecule has 0 aromatic heterocycles. The molecule has 0 saturated heterocycles. The van der Waals surface area contributed by atoms with Crippen molar-refractivity contribution in [3.05, 3.63) is 108 Å². The van der Waals surface area contributed by atoms with Gasteiger partial charge in [-0.3, -0.25) is 9.11 Å². The van der Waals surface area contributed by atoms with Gasteiger partial charge in [-0.2, -0.15) is 8.42 Å². The molecular formula is C19H18O4S. The minimum Gasteiger partial charge on any atom is -0.264 e. The van der Waals surface area contributed by atoms with E-state index in [0.29, 0.717) is 5.92 Å². The Morgan fingerprint density at radius 2 is 0.750 bits per heavy atom. The van der Waals surface area contributed by atoms with Gasteiger partial charge in [0.25, 0.3) is 0 Å². The SMILES string of the molecule is O=S(=O)(O)O.c1ccc(C(c2ccccc2)c2ccccc2)cc1. The maximum atomic E-state index is 8.74. The van der Waals surface area contributed by atoms with Crippen LogP contribution in [0.25, 0.3) is 0 Å². The van der Waals surface area contributed by atoms with Crippen molar-refractivity contribution in [3.63, 3.8) is 0 Å². The van der Waals surface area contributed by atoms with Crippen LogP contribution in [0.2, 0.25) is 0 Å². The first-order valence-electron chi connectivity index (χ1n) is 7.30. The number of hydrogen-bond donors (Lipinski definition) is 2. The maximum Gasteiger partial charge on any atom is 0.394 e. The number of hydrogen-bond acceptors (Lipinski definition) is 2. The number of rotatable bonds is 3. The van der Waals surface area contributed by atoms with Gasteiger partial charge in [-0.1, -0.05) is 91.0 Å². The Hall–Kier alpha value is -2.47. The molecule has 0 aliphatic carbocycles. The largest absolute Gasteiger partial charge is 0.394 e. The number of benzene rings is 3. The lowest BCUT2D eigenvalue weighted by Gasteiger charge is -2.18. The normalized spacial score (nSPS) is 10.8. The molecule has 0 bridgehead atoms. The van der Waals surface area contributed by atoms with Crippen LogP contribution in [0.4, 0.5) is 0 Å². The Balaban J connectivity index is 0.000000368. The van der Waals surface area contributed by atoms with E-state index >= 15 is 0 Å². The third-order valence-corrected chi connectivity index (χ3v) is 3.40. The summed E-state index contributed by atoms with van der Waals surface area (Å²) in [5.41, 5.74) is 4.00. The van der Waals surface area contributed by atoms with Crippen LogP contribution in [0.15, 0.2) is 91.0 Å². The molecule has 0 heterocycles. The summed E-state index contributed by atoms with van der Waals surface area (Å²) in [5, 5.41) is 0. The highest BCUT2D eigenvalue weighted by Gasteiger charge is 2.15. The van der Waals surface area contributed by atoms with Crippen LogP contribution >= 0.6 is 0 Å². The van der Waals surface area contributed by atoms with E-state index in [1.54, 1.807) is 0 Å². The van der Waals surface area contributed by atoms with Crippen molar-refractivity contribution in [3.8, 4) is 0 Å². The Kier molecular flexibility index (Phi) is 6.26. The minimum atomic E-state index is -4.67. The van der Waals surface area contributed by atoms with Crippen LogP contribution in [0.1, 0.15) is 22.6 Å². The molecule has 0 saturated carbocycles. The quantitative estimate of drug-likeness (QED) is 0.552. The molecule has 2 N–H and O–H groups in total. The third kappa shape index (κ3) is 5.96. The van der Waals surface area contributed by atoms with Gasteiger partial charge in [0, 0.05) is 5.92 Å². The molecule has 0 fully saturated rings. The summed E-state index contributed by atoms with van der Waals surface area (Å²) in [4.78, 5) is 0. The summed E-state index contributed by atoms with van der Waals surface area (Å²) in [7, 11) is -4.67. The van der Waals surface area contributed by atoms with Gasteiger partial charge in [-0.05, 0) is 16.7 Å². The van der Waals surface area contributed by atoms with Crippen LogP contribution in [-0.2, 0) is 10.4 Å². The predicted octanol–water partition coefficient (Wildman–Crippen LogP) is 4.21. The van der Waals surface area contributed by atoms with Crippen molar-refractivity contribution in [2.75, 3.05) is 0 Å². The molecule has 24 heavy (non-hydrogen) atoms. The summed E-state index contributed by atoms with van der Waals surface area (Å²) in [6, 6.07) is 32.0. The van der Waals surface area contributed by atoms with Crippen molar-refractivity contribution in [2.45, 2.75) is 5.92 Å². The molecule has 0 amide bonds. The van der Waals surface area contributed by atoms with E-state index in [1.165, 1.54) is 16.7 Å². The van der Waals surface area contributed by atoms with Crippen LogP contribution < -0.4 is 0 Å². The highest BCUT2D eigenvalue weighted by atomic mass is 32.3. The van der Waals surface area contributed by atoms with E-state index in [2.05, 4.69) is 91.0 Å². The van der Waals surface area contributed by atoms with Crippen molar-refractivity contribution in [1.82, 2.24) is 0 Å². The Bertz CT molecular complexity index is 730. The molecule has 3 aromatic rings. The van der Waals surface area contributed by atoms with E-state index in [0.717, 1.165) is 0 Å². The van der Waals surface area contributed by atoms with Gasteiger partial charge in [-0.25, -0.2) is 0 Å². The molecule has 0 aliphatic heterocycles. The lowest BCUT2D eigenvalue weighted by Crippen LogP contribution is -2.02. The summed E-state index contributed by atoms with van der Waals surface area (Å²) < 4.78 is 31.6. The van der Waals surface area contributed by atoms with Gasteiger partial charge in [-0.15, -0.1) is 0 Å². The van der Waals surface area contributed by atoms with E-state index < -0.39 is 10.4 Å². The fraction of sp³-hybridized carbons (Fsp3) is 0.0526. The maximum absolute atomic E-state index is 8.74. The van der Waals surface area contributed by atoms with Crippen LogP contribution in [0, 0.1) is 0 Å². The van der Waals surface area contributed by atoms with Crippen LogP contribution in [0.5, 0.6) is 0 Å². The summed E-state index contributed by atoms with van der Waals surface area (Å²) >= 11 is 0. The second-order valence-corrected chi connectivity index (χ2v) is 6.01. The van der Waals surface area contributed by atoms with Crippen molar-refractivity contribution < 1.29 is 17.5 Å². The van der Waals surface area contributed by atoms with Gasteiger partial charge in [0.1, 0.15) is 0 Å². The summed E-state index contributed by atoms with van der Waals surface area (Å²) in [6.45, 7) is 0. The molecule has 0 radical (unpaired) electrons. The monoisotopic (exact) mass is 342 g/mol. The van der Waals surface area contributed by atoms with Crippen molar-refractivity contribution >= 4 is 10.4 Å². The van der Waals surface area contributed by atoms with Crippen LogP contribution in [0.3, 0.4) is 0 Å². The van der Waals surface area contributed by atoms with E-state index in [9.17, 15) is 0 Å². The van der Waals surface area contributed by atoms with Gasteiger partial charge in [0.15, 0.2) is 0 Å². The van der Waals surface area contributed by atoms with Gasteiger partial charge in [0.05, 0.1) is 0 Å². The second kappa shape index (κ2) is 8.40. The highest BCUT2D eigenvalue weighted by molar-refractivity contribution is 7.79. The molecular weight excluding hydrogens is 324 g/mol. The Morgan fingerprint density at radius 3 is 0.958 bits per heavy atom. The standard InChI is InChI=1S/C19H16.H2O4S/c1-4-10-16(11-5-1)19(17-12-6-2-7-13-17)18-14-8-3-9-15-18;1-5(2,3)4/h1-15,19H;(H2,1,2,3,4). The summed E-state index contributed by atoms with van der Waals surface area (Å²) in [5.74, 6) is 0.309. The summed E-state index contributed by atoms with van der Waals surface area (Å²) in [6.07, 6.45) is 0. The predicted molar refractivity (Wildman–Crippen MR) is 94.4 cm³/mol. The van der Waals surface area contributed by atoms with E-state index in [4.69, 9.17) is 17.5 Å². The Morgan fingerprint density at radius 1 is 0.542 bits per heavy atom. The molecule has 5 heteroatoms. The Labute approximate surface area is 142 Å². The highest BCUT2D eigenvalue weighted by Crippen LogP contribution is 2.31. The average molecular weight is 342 g/mol. The molecule has 0 atom stereocenters. The van der Waals surface area contributed by atoms with E-state index in [-0.39, 0.29) is 0 Å². The third-order valence-electron chi connectivity index (χ3n) is 3.40. The fourth-order valence-electron chi connectivity index (χ4n) is 2.51. The first-order valence-corrected chi connectivity index (χ1v) is 8.69. The average Bonchev–Trinajstić information content (AvgIpc) is 2.57. The van der Waals surface area contributed by atoms with Crippen molar-refractivity contribution in [2.24, 2.45) is 0 Å². The molecule has 3 aromatic carbocycles. The lowest BCUT2D eigenvalue weighted by atomic mass is 9.85. The molecule has 0 spiro atoms. The van der Waals surface area contributed by atoms with Crippen LogP contribution in [-0.4, -0.2) is 17.5 Å². The first-order chi connectivity index (χ1) is 11.4. The molecule has 0 unspecified atom stereocenters. The smallest absolute Gasteiger partial charge is 0.264 e. The molecule has 3 rings (SSSR count). The molecule has 124 valence electrons. The molecule has 0 aliphatic rings. The van der Waals surface area contributed by atoms with Gasteiger partial charge in [0.2, 0.25) is 0 Å². The van der Waals surface area contributed by atoms with Gasteiger partial charge >= 0.3 is 10.4 Å². The lowest BCUT2D eigenvalue weighted by molar-refractivity contribution is 0.381. The fourth-order valence-corrected chi connectivity index (χ4v) is 2.51. The first kappa shape index (κ1) is 17.9. The van der Waals surface area contributed by atoms with E-state index in [1.807, 2.05) is 0 Å². The van der Waals surface area contributed by atoms with Gasteiger partial charge < -0.3 is 0 Å². The van der Waals surface area contributed by atoms with Crippen molar-refractivity contribution in [1.29, 1.82) is 0 Å². The topological polar surface area (TPSA) is 74.6 Å². The zero-order chi connectivity index (χ0) is 17.4.